The van der Waals surface area contributed by atoms with E-state index in [4.69, 9.17) is 9.47 Å². The molecule has 0 saturated heterocycles. The van der Waals surface area contributed by atoms with Crippen molar-refractivity contribution in [3.05, 3.63) is 18.2 Å². The first-order valence-electron chi connectivity index (χ1n) is 7.08. The molecule has 24 heavy (non-hydrogen) atoms. The summed E-state index contributed by atoms with van der Waals surface area (Å²) in [6.45, 7) is 0. The van der Waals surface area contributed by atoms with E-state index in [2.05, 4.69) is 25.2 Å². The molecule has 0 bridgehead atoms. The number of hydrogen-bond acceptors (Lipinski definition) is 7. The summed E-state index contributed by atoms with van der Waals surface area (Å²) in [5, 5.41) is 9.16. The minimum Gasteiger partial charge on any atom is -0.497 e. The van der Waals surface area contributed by atoms with Crippen molar-refractivity contribution in [2.75, 3.05) is 26.6 Å². The van der Waals surface area contributed by atoms with Gasteiger partial charge in [-0.2, -0.15) is 4.98 Å². The summed E-state index contributed by atoms with van der Waals surface area (Å²) < 4.78 is 14.9. The van der Waals surface area contributed by atoms with Crippen LogP contribution in [-0.2, 0) is 14.3 Å². The normalized spacial score (nSPS) is 10.1. The van der Waals surface area contributed by atoms with Crippen LogP contribution in [0, 0.1) is 0 Å². The van der Waals surface area contributed by atoms with Crippen LogP contribution in [0.15, 0.2) is 18.2 Å². The topological polar surface area (TPSA) is 115 Å². The number of benzene rings is 1. The van der Waals surface area contributed by atoms with Crippen molar-refractivity contribution >= 4 is 17.8 Å². The van der Waals surface area contributed by atoms with E-state index in [1.165, 1.54) is 14.2 Å². The number of nitrogens with zero attached hydrogens (tertiary/aromatic N) is 2. The lowest BCUT2D eigenvalue weighted by molar-refractivity contribution is -0.141. The fourth-order valence-electron chi connectivity index (χ4n) is 1.94. The molecule has 0 aliphatic rings. The third-order valence-corrected chi connectivity index (χ3v) is 3.18. The zero-order chi connectivity index (χ0) is 17.5. The number of hydrogen-bond donors (Lipinski definition) is 2. The number of esters is 1. The van der Waals surface area contributed by atoms with Crippen LogP contribution in [0.3, 0.4) is 0 Å². The Labute approximate surface area is 138 Å². The maximum Gasteiger partial charge on any atom is 0.306 e. The highest BCUT2D eigenvalue weighted by molar-refractivity contribution is 5.91. The average Bonchev–Trinajstić information content (AvgIpc) is 3.07. The average molecular weight is 334 g/mol. The number of aromatic amines is 1. The third kappa shape index (κ3) is 4.22. The van der Waals surface area contributed by atoms with Gasteiger partial charge in [0.2, 0.25) is 11.9 Å². The molecule has 9 nitrogen and oxygen atoms in total. The van der Waals surface area contributed by atoms with Gasteiger partial charge in [0, 0.05) is 12.5 Å². The van der Waals surface area contributed by atoms with Gasteiger partial charge in [-0.3, -0.25) is 20.0 Å². The molecule has 2 N–H and O–H groups in total. The van der Waals surface area contributed by atoms with Crippen molar-refractivity contribution in [2.45, 2.75) is 12.8 Å². The van der Waals surface area contributed by atoms with Crippen LogP contribution in [0.25, 0.3) is 11.4 Å². The van der Waals surface area contributed by atoms with Crippen molar-refractivity contribution in [3.63, 3.8) is 0 Å². The molecule has 1 aromatic carbocycles. The smallest absolute Gasteiger partial charge is 0.306 e. The molecule has 1 aromatic heterocycles. The molecule has 9 heteroatoms. The van der Waals surface area contributed by atoms with Gasteiger partial charge >= 0.3 is 5.97 Å². The maximum atomic E-state index is 11.7. The van der Waals surface area contributed by atoms with E-state index < -0.39 is 5.97 Å². The summed E-state index contributed by atoms with van der Waals surface area (Å²) in [7, 11) is 4.36. The lowest BCUT2D eigenvalue weighted by Crippen LogP contribution is -2.14. The van der Waals surface area contributed by atoms with Crippen LogP contribution in [0.4, 0.5) is 5.95 Å². The Bertz CT molecular complexity index is 728. The van der Waals surface area contributed by atoms with Gasteiger partial charge in [-0.1, -0.05) is 0 Å². The SMILES string of the molecule is COC(=O)CCC(=O)Nc1n[nH]c(-c2ccc(OC)cc2OC)n1. The first kappa shape index (κ1) is 17.3. The second kappa shape index (κ2) is 7.95. The Balaban J connectivity index is 2.08. The molecule has 0 fully saturated rings. The number of aromatic nitrogens is 3. The molecule has 0 spiro atoms. The first-order chi connectivity index (χ1) is 11.6. The molecule has 0 aliphatic carbocycles. The molecule has 2 rings (SSSR count). The third-order valence-electron chi connectivity index (χ3n) is 3.18. The second-order valence-electron chi connectivity index (χ2n) is 4.70. The Morgan fingerprint density at radius 1 is 1.17 bits per heavy atom. The number of methoxy groups -OCH3 is 3. The largest absolute Gasteiger partial charge is 0.497 e. The zero-order valence-electron chi connectivity index (χ0n) is 13.6. The number of anilines is 1. The minimum absolute atomic E-state index is 0.00802. The van der Waals surface area contributed by atoms with E-state index >= 15 is 0 Å². The first-order valence-corrected chi connectivity index (χ1v) is 7.08. The zero-order valence-corrected chi connectivity index (χ0v) is 13.6. The Morgan fingerprint density at radius 3 is 2.62 bits per heavy atom. The number of nitrogens with one attached hydrogen (secondary N) is 2. The number of carbonyl (C=O) groups excluding carboxylic acids is 2. The van der Waals surface area contributed by atoms with Crippen molar-refractivity contribution in [1.82, 2.24) is 15.2 Å². The summed E-state index contributed by atoms with van der Waals surface area (Å²) in [6.07, 6.45) is -0.0195. The van der Waals surface area contributed by atoms with Gasteiger partial charge in [0.25, 0.3) is 0 Å². The van der Waals surface area contributed by atoms with E-state index in [1.54, 1.807) is 25.3 Å². The monoisotopic (exact) mass is 334 g/mol. The van der Waals surface area contributed by atoms with Crippen LogP contribution in [0.1, 0.15) is 12.8 Å². The molecular formula is C15H18N4O5. The fourth-order valence-corrected chi connectivity index (χ4v) is 1.94. The summed E-state index contributed by atoms with van der Waals surface area (Å²) in [5.74, 6) is 0.896. The van der Waals surface area contributed by atoms with Gasteiger partial charge in [0.15, 0.2) is 5.82 Å². The van der Waals surface area contributed by atoms with Gasteiger partial charge in [-0.15, -0.1) is 5.10 Å². The number of rotatable bonds is 7. The van der Waals surface area contributed by atoms with Crippen LogP contribution in [0.5, 0.6) is 11.5 Å². The number of amides is 1. The van der Waals surface area contributed by atoms with E-state index in [0.29, 0.717) is 22.9 Å². The van der Waals surface area contributed by atoms with Gasteiger partial charge < -0.3 is 14.2 Å². The highest BCUT2D eigenvalue weighted by Crippen LogP contribution is 2.31. The van der Waals surface area contributed by atoms with E-state index in [0.717, 1.165) is 0 Å². The van der Waals surface area contributed by atoms with Gasteiger partial charge in [-0.25, -0.2) is 0 Å². The molecule has 0 aliphatic heterocycles. The van der Waals surface area contributed by atoms with Crippen LogP contribution in [-0.4, -0.2) is 48.4 Å². The molecule has 0 saturated carbocycles. The fraction of sp³-hybridized carbons (Fsp3) is 0.333. The lowest BCUT2D eigenvalue weighted by atomic mass is 10.2. The molecule has 0 radical (unpaired) electrons. The van der Waals surface area contributed by atoms with Gasteiger partial charge in [-0.05, 0) is 12.1 Å². The highest BCUT2D eigenvalue weighted by atomic mass is 16.5. The van der Waals surface area contributed by atoms with Crippen molar-refractivity contribution in [1.29, 1.82) is 0 Å². The number of carbonyl (C=O) groups is 2. The van der Waals surface area contributed by atoms with Gasteiger partial charge in [0.05, 0.1) is 33.3 Å². The predicted molar refractivity (Wildman–Crippen MR) is 84.8 cm³/mol. The highest BCUT2D eigenvalue weighted by Gasteiger charge is 2.14. The molecule has 2 aromatic rings. The molecule has 128 valence electrons. The minimum atomic E-state index is -0.455. The Kier molecular flexibility index (Phi) is 5.72. The predicted octanol–water partition coefficient (Wildman–Crippen LogP) is 1.38. The Morgan fingerprint density at radius 2 is 1.96 bits per heavy atom. The number of H-pyrrole nitrogens is 1. The van der Waals surface area contributed by atoms with Crippen molar-refractivity contribution in [3.8, 4) is 22.9 Å². The molecular weight excluding hydrogens is 316 g/mol. The number of ether oxygens (including phenoxy) is 3. The summed E-state index contributed by atoms with van der Waals surface area (Å²) in [4.78, 5) is 26.9. The molecule has 1 heterocycles. The lowest BCUT2D eigenvalue weighted by Gasteiger charge is -2.07. The van der Waals surface area contributed by atoms with E-state index in [-0.39, 0.29) is 24.7 Å². The molecule has 0 unspecified atom stereocenters. The molecule has 0 atom stereocenters. The van der Waals surface area contributed by atoms with E-state index in [9.17, 15) is 9.59 Å². The van der Waals surface area contributed by atoms with Crippen molar-refractivity contribution in [2.24, 2.45) is 0 Å². The summed E-state index contributed by atoms with van der Waals surface area (Å²) >= 11 is 0. The standard InChI is InChI=1S/C15H18N4O5/c1-22-9-4-5-10(11(8-9)23-2)14-17-15(19-18-14)16-12(20)6-7-13(21)24-3/h4-5,8H,6-7H2,1-3H3,(H2,16,17,18,19,20). The van der Waals surface area contributed by atoms with Crippen molar-refractivity contribution < 1.29 is 23.8 Å². The van der Waals surface area contributed by atoms with Crippen LogP contribution in [0.2, 0.25) is 0 Å². The van der Waals surface area contributed by atoms with E-state index in [1.807, 2.05) is 0 Å². The summed E-state index contributed by atoms with van der Waals surface area (Å²) in [5.41, 5.74) is 0.667. The second-order valence-corrected chi connectivity index (χ2v) is 4.70. The van der Waals surface area contributed by atoms with Crippen LogP contribution >= 0.6 is 0 Å². The van der Waals surface area contributed by atoms with Gasteiger partial charge in [0.1, 0.15) is 11.5 Å². The summed E-state index contributed by atoms with van der Waals surface area (Å²) in [6, 6.07) is 5.24. The molecule has 1 amide bonds. The van der Waals surface area contributed by atoms with Crippen LogP contribution < -0.4 is 14.8 Å². The Hall–Kier alpha value is -3.10. The quantitative estimate of drug-likeness (QED) is 0.735. The maximum absolute atomic E-state index is 11.7.